The molecule has 78 heavy (non-hydrogen) atoms. The van der Waals surface area contributed by atoms with Crippen LogP contribution in [0, 0.1) is 6.92 Å². The molecular formula is C58H62F2N10O7S. The van der Waals surface area contributed by atoms with E-state index in [1.165, 1.54) is 11.3 Å². The number of aromatic nitrogens is 4. The van der Waals surface area contributed by atoms with Gasteiger partial charge in [0.15, 0.2) is 17.4 Å². The first-order valence-electron chi connectivity index (χ1n) is 26.1. The van der Waals surface area contributed by atoms with Gasteiger partial charge in [0, 0.05) is 73.9 Å². The van der Waals surface area contributed by atoms with Crippen molar-refractivity contribution in [2.45, 2.75) is 96.7 Å². The highest BCUT2D eigenvalue weighted by atomic mass is 32.1. The van der Waals surface area contributed by atoms with Crippen LogP contribution in [0.15, 0.2) is 84.9 Å². The number of rotatable bonds is 14. The first-order valence-corrected chi connectivity index (χ1v) is 26.9. The lowest BCUT2D eigenvalue weighted by Gasteiger charge is -2.44. The average molecular weight is 1080 g/mol. The van der Waals surface area contributed by atoms with Gasteiger partial charge in [-0.2, -0.15) is 5.10 Å². The maximum Gasteiger partial charge on any atom is 0.355 e. The van der Waals surface area contributed by atoms with Crippen molar-refractivity contribution in [2.24, 2.45) is 7.05 Å². The maximum atomic E-state index is 16.0. The fourth-order valence-corrected chi connectivity index (χ4v) is 12.1. The monoisotopic (exact) mass is 1080 g/mol. The Morgan fingerprint density at radius 3 is 2.41 bits per heavy atom. The number of hydrogen-bond acceptors (Lipinski definition) is 13. The van der Waals surface area contributed by atoms with Crippen molar-refractivity contribution in [3.8, 4) is 16.9 Å². The van der Waals surface area contributed by atoms with Crippen molar-refractivity contribution in [3.05, 3.63) is 124 Å². The Balaban J connectivity index is 0.795. The molecule has 0 saturated carbocycles. The van der Waals surface area contributed by atoms with Gasteiger partial charge >= 0.3 is 5.97 Å². The largest absolute Gasteiger partial charge is 0.487 e. The van der Waals surface area contributed by atoms with Gasteiger partial charge in [-0.05, 0) is 115 Å². The summed E-state index contributed by atoms with van der Waals surface area (Å²) in [5.41, 5.74) is 6.18. The summed E-state index contributed by atoms with van der Waals surface area (Å²) in [7, 11) is 1.75. The minimum atomic E-state index is -3.28. The van der Waals surface area contributed by atoms with E-state index < -0.39 is 36.4 Å². The second-order valence-electron chi connectivity index (χ2n) is 21.8. The van der Waals surface area contributed by atoms with Crippen molar-refractivity contribution in [3.63, 3.8) is 0 Å². The van der Waals surface area contributed by atoms with E-state index in [4.69, 9.17) is 9.72 Å². The lowest BCUT2D eigenvalue weighted by atomic mass is 9.80. The number of aryl methyl sites for hydroxylation is 1. The number of carbonyl (C=O) groups is 5. The number of pyridine rings is 1. The zero-order valence-electron chi connectivity index (χ0n) is 44.6. The Bertz CT molecular complexity index is 3490. The molecule has 6 heterocycles. The highest BCUT2D eigenvalue weighted by Gasteiger charge is 2.39. The van der Waals surface area contributed by atoms with Gasteiger partial charge in [0.1, 0.15) is 11.6 Å². The number of alkyl halides is 2. The molecule has 20 heteroatoms. The third-order valence-electron chi connectivity index (χ3n) is 15.1. The van der Waals surface area contributed by atoms with Crippen molar-refractivity contribution >= 4 is 78.7 Å². The Morgan fingerprint density at radius 1 is 0.923 bits per heavy atom. The second-order valence-corrected chi connectivity index (χ2v) is 22.8. The molecule has 0 aliphatic carbocycles. The molecule has 0 spiro atoms. The lowest BCUT2D eigenvalue weighted by molar-refractivity contribution is -0.134. The van der Waals surface area contributed by atoms with Crippen LogP contribution in [-0.4, -0.2) is 122 Å². The van der Waals surface area contributed by atoms with Gasteiger partial charge in [-0.25, -0.2) is 23.5 Å². The molecular weight excluding hydrogens is 1020 g/mol. The number of carboxylic acids is 1. The van der Waals surface area contributed by atoms with Crippen LogP contribution < -0.4 is 25.6 Å². The van der Waals surface area contributed by atoms with Crippen LogP contribution in [0.4, 0.5) is 25.4 Å². The Labute approximate surface area is 454 Å². The molecule has 3 aliphatic heterocycles. The molecule has 4 aromatic carbocycles. The van der Waals surface area contributed by atoms with E-state index in [1.54, 1.807) is 66.0 Å². The van der Waals surface area contributed by atoms with E-state index in [2.05, 4.69) is 26.0 Å². The molecule has 4 N–H and O–H groups in total. The number of ether oxygens (including phenoxy) is 1. The predicted molar refractivity (Wildman–Crippen MR) is 296 cm³/mol. The van der Waals surface area contributed by atoms with Crippen LogP contribution in [0.1, 0.15) is 102 Å². The summed E-state index contributed by atoms with van der Waals surface area (Å²) in [5, 5.41) is 25.0. The number of anilines is 3. The lowest BCUT2D eigenvalue weighted by Crippen LogP contribution is -2.60. The molecule has 0 bridgehead atoms. The van der Waals surface area contributed by atoms with Crippen molar-refractivity contribution < 1.29 is 42.6 Å². The first kappa shape index (κ1) is 53.7. The number of imide groups is 1. The molecule has 1 unspecified atom stereocenters. The molecule has 17 nitrogen and oxygen atoms in total. The molecule has 0 radical (unpaired) electrons. The number of piperidine rings is 1. The van der Waals surface area contributed by atoms with Crippen molar-refractivity contribution in [1.82, 2.24) is 34.9 Å². The fraction of sp³-hybridized carbons (Fsp3) is 0.379. The summed E-state index contributed by atoms with van der Waals surface area (Å²) in [6.07, 6.45) is 1.19. The van der Waals surface area contributed by atoms with Gasteiger partial charge in [-0.1, -0.05) is 68.5 Å². The third kappa shape index (κ3) is 11.1. The number of aromatic carboxylic acids is 1. The number of thiazole rings is 1. The Hall–Kier alpha value is -7.68. The molecule has 3 aliphatic rings. The summed E-state index contributed by atoms with van der Waals surface area (Å²) < 4.78 is 40.6. The molecule has 4 amide bonds. The third-order valence-corrected chi connectivity index (χ3v) is 16.0. The van der Waals surface area contributed by atoms with Crippen molar-refractivity contribution in [2.75, 3.05) is 54.9 Å². The van der Waals surface area contributed by atoms with Crippen LogP contribution in [-0.2, 0) is 39.8 Å². The maximum absolute atomic E-state index is 16.0. The minimum absolute atomic E-state index is 0.0375. The Morgan fingerprint density at radius 2 is 1.68 bits per heavy atom. The molecule has 406 valence electrons. The number of halogens is 2. The van der Waals surface area contributed by atoms with E-state index in [0.29, 0.717) is 81.6 Å². The van der Waals surface area contributed by atoms with Crippen LogP contribution in [0.3, 0.4) is 0 Å². The number of nitrogens with zero attached hydrogens (tertiary/aromatic N) is 7. The number of carbonyl (C=O) groups excluding carboxylic acids is 4. The van der Waals surface area contributed by atoms with Crippen LogP contribution in [0.25, 0.3) is 32.2 Å². The summed E-state index contributed by atoms with van der Waals surface area (Å²) >= 11 is 1.39. The van der Waals surface area contributed by atoms with E-state index in [9.17, 15) is 29.1 Å². The van der Waals surface area contributed by atoms with Gasteiger partial charge in [0.25, 0.3) is 11.8 Å². The number of para-hydroxylation sites is 1. The number of nitrogens with one attached hydrogen (secondary N) is 3. The van der Waals surface area contributed by atoms with E-state index in [0.717, 1.165) is 26.7 Å². The molecule has 7 aromatic rings. The SMILES string of the molecule is Cc1c(OCC(F)(F)CN2C[C@@H](C)N(CC(=O)Nc3ccc4c(C5CCC(=O)NC5=O)nn(C)c4c3)[C@@H](C)C2)cccc1-c1c(C(C)(C)C)cc(N2CCc3cccc(C(=O)Nc4nc5ccccc5s4)c3C2)nc1C(=O)O. The first-order chi connectivity index (χ1) is 37.1. The molecule has 3 aromatic heterocycles. The standard InChI is InChI=1S/C58H62F2N10O7S/c1-32-26-68(27-33(2)70(32)29-49(72)61-36-18-19-39-44(24-36)67(7)66-51(39)40-20-21-48(71)64-54(40)74)30-58(59,60)31-77-45-16-11-13-37(34(45)3)50-42(57(4,5)6)25-47(63-52(50)55(75)76)69-23-22-35-12-10-14-38(41(35)28-69)53(73)65-56-62-43-15-8-9-17-46(43)78-56/h8-19,24-25,32-33,40H,20-23,26-31H2,1-7H3,(H,61,72)(H,75,76)(H,62,65,73)(H,64,71,74)/t32-,33+,40?. The van der Waals surface area contributed by atoms with Crippen LogP contribution in [0.5, 0.6) is 5.75 Å². The molecule has 2 saturated heterocycles. The topological polar surface area (TPSA) is 204 Å². The fourth-order valence-electron chi connectivity index (χ4n) is 11.2. The molecule has 3 atom stereocenters. The molecule has 10 rings (SSSR count). The van der Waals surface area contributed by atoms with Gasteiger partial charge < -0.3 is 20.1 Å². The van der Waals surface area contributed by atoms with E-state index in [1.807, 2.05) is 86.9 Å². The zero-order valence-corrected chi connectivity index (χ0v) is 45.4. The number of benzene rings is 4. The summed E-state index contributed by atoms with van der Waals surface area (Å²) in [5.74, 6) is -5.71. The number of piperazine rings is 1. The molecule has 2 fully saturated rings. The highest BCUT2D eigenvalue weighted by molar-refractivity contribution is 7.22. The van der Waals surface area contributed by atoms with Gasteiger partial charge in [0.2, 0.25) is 17.7 Å². The normalized spacial score (nSPS) is 18.5. The Kier molecular flexibility index (Phi) is 14.6. The summed E-state index contributed by atoms with van der Waals surface area (Å²) in [6, 6.07) is 25.1. The second kappa shape index (κ2) is 21.3. The quantitative estimate of drug-likeness (QED) is 0.0753. The zero-order chi connectivity index (χ0) is 55.4. The van der Waals surface area contributed by atoms with Crippen LogP contribution in [0.2, 0.25) is 0 Å². The van der Waals surface area contributed by atoms with Gasteiger partial charge in [-0.15, -0.1) is 0 Å². The van der Waals surface area contributed by atoms with Crippen molar-refractivity contribution in [1.29, 1.82) is 0 Å². The smallest absolute Gasteiger partial charge is 0.355 e. The number of carboxylic acid groups (broad SMARTS) is 1. The summed E-state index contributed by atoms with van der Waals surface area (Å²) in [6.45, 7) is 11.4. The van der Waals surface area contributed by atoms with E-state index >= 15 is 8.78 Å². The minimum Gasteiger partial charge on any atom is -0.487 e. The van der Waals surface area contributed by atoms with Crippen LogP contribution >= 0.6 is 11.3 Å². The average Bonchev–Trinajstić information content (AvgIpc) is 4.07. The highest BCUT2D eigenvalue weighted by Crippen LogP contribution is 2.42. The number of amides is 4. The van der Waals surface area contributed by atoms with Gasteiger partial charge in [-0.3, -0.25) is 44.3 Å². The van der Waals surface area contributed by atoms with Gasteiger partial charge in [0.05, 0.1) is 40.4 Å². The number of hydrogen-bond donors (Lipinski definition) is 4. The summed E-state index contributed by atoms with van der Waals surface area (Å²) in [4.78, 5) is 80.0. The van der Waals surface area contributed by atoms with E-state index in [-0.39, 0.29) is 73.2 Å². The number of fused-ring (bicyclic) bond motifs is 3. The predicted octanol–water partition coefficient (Wildman–Crippen LogP) is 8.93.